The van der Waals surface area contributed by atoms with Crippen molar-refractivity contribution in [3.63, 3.8) is 0 Å². The van der Waals surface area contributed by atoms with Crippen molar-refractivity contribution in [1.82, 2.24) is 10.3 Å². The van der Waals surface area contributed by atoms with Gasteiger partial charge in [-0.2, -0.15) is 5.10 Å². The first-order valence-corrected chi connectivity index (χ1v) is 7.84. The van der Waals surface area contributed by atoms with E-state index in [1.54, 1.807) is 24.3 Å². The molecule has 1 saturated carbocycles. The van der Waals surface area contributed by atoms with Crippen LogP contribution in [0.3, 0.4) is 0 Å². The molecule has 22 heavy (non-hydrogen) atoms. The largest absolute Gasteiger partial charge is 0.346 e. The van der Waals surface area contributed by atoms with Crippen LogP contribution in [0.5, 0.6) is 0 Å². The summed E-state index contributed by atoms with van der Waals surface area (Å²) in [6.07, 6.45) is 4.76. The summed E-state index contributed by atoms with van der Waals surface area (Å²) in [6.45, 7) is 2.17. The minimum atomic E-state index is -0.749. The fourth-order valence-corrected chi connectivity index (χ4v) is 3.10. The average Bonchev–Trinajstić information content (AvgIpc) is 2.73. The Bertz CT molecular complexity index is 619. The number of hydrazone groups is 1. The maximum Gasteiger partial charge on any atom is 0.346 e. The molecular weight excluding hydrogens is 302 g/mol. The number of carbonyl (C=O) groups is 2. The van der Waals surface area contributed by atoms with E-state index < -0.39 is 11.6 Å². The number of carbonyl (C=O) groups excluding carboxylic acids is 2. The van der Waals surface area contributed by atoms with Gasteiger partial charge < -0.3 is 5.32 Å². The lowest BCUT2D eigenvalue weighted by Gasteiger charge is -2.33. The van der Waals surface area contributed by atoms with Crippen LogP contribution in [0.15, 0.2) is 29.4 Å². The van der Waals surface area contributed by atoms with Crippen molar-refractivity contribution < 1.29 is 9.59 Å². The standard InChI is InChI=1S/C16H18ClN3O2/c1-11-6-8-16(9-7-11)14(21)20(15(22)19-16)18-10-12-2-4-13(17)5-3-12/h2-5,10-11H,6-9H2,1H3,(H,19,22)/b18-10+. The van der Waals surface area contributed by atoms with Gasteiger partial charge >= 0.3 is 6.03 Å². The lowest BCUT2D eigenvalue weighted by Crippen LogP contribution is -2.49. The number of rotatable bonds is 2. The van der Waals surface area contributed by atoms with E-state index >= 15 is 0 Å². The zero-order valence-corrected chi connectivity index (χ0v) is 13.1. The van der Waals surface area contributed by atoms with E-state index in [4.69, 9.17) is 11.6 Å². The Morgan fingerprint density at radius 3 is 2.55 bits per heavy atom. The van der Waals surface area contributed by atoms with Gasteiger partial charge in [-0.1, -0.05) is 30.7 Å². The molecule has 0 radical (unpaired) electrons. The molecule has 1 aromatic rings. The lowest BCUT2D eigenvalue weighted by molar-refractivity contribution is -0.132. The highest BCUT2D eigenvalue weighted by Crippen LogP contribution is 2.36. The van der Waals surface area contributed by atoms with E-state index in [0.29, 0.717) is 23.8 Å². The number of amides is 3. The molecule has 0 aromatic heterocycles. The highest BCUT2D eigenvalue weighted by molar-refractivity contribution is 6.30. The van der Waals surface area contributed by atoms with Crippen LogP contribution in [-0.2, 0) is 4.79 Å². The number of nitrogens with zero attached hydrogens (tertiary/aromatic N) is 2. The minimum absolute atomic E-state index is 0.241. The Hall–Kier alpha value is -1.88. The second-order valence-corrected chi connectivity index (χ2v) is 6.54. The van der Waals surface area contributed by atoms with Crippen LogP contribution in [0.25, 0.3) is 0 Å². The van der Waals surface area contributed by atoms with Gasteiger partial charge in [0.15, 0.2) is 0 Å². The summed E-state index contributed by atoms with van der Waals surface area (Å²) in [6, 6.07) is 6.59. The van der Waals surface area contributed by atoms with E-state index in [-0.39, 0.29) is 5.91 Å². The van der Waals surface area contributed by atoms with Crippen LogP contribution in [0.2, 0.25) is 5.02 Å². The first-order valence-electron chi connectivity index (χ1n) is 7.46. The Labute approximate surface area is 134 Å². The van der Waals surface area contributed by atoms with E-state index in [1.807, 2.05) is 0 Å². The normalized spacial score (nSPS) is 28.6. The van der Waals surface area contributed by atoms with Gasteiger partial charge in [-0.25, -0.2) is 4.79 Å². The zero-order chi connectivity index (χ0) is 15.7. The molecule has 0 bridgehead atoms. The summed E-state index contributed by atoms with van der Waals surface area (Å²) >= 11 is 5.82. The van der Waals surface area contributed by atoms with Crippen LogP contribution in [0, 0.1) is 5.92 Å². The van der Waals surface area contributed by atoms with Crippen LogP contribution in [0.4, 0.5) is 4.79 Å². The summed E-state index contributed by atoms with van der Waals surface area (Å²) in [5, 5.41) is 8.47. The van der Waals surface area contributed by atoms with Gasteiger partial charge in [0, 0.05) is 5.02 Å². The Morgan fingerprint density at radius 1 is 1.27 bits per heavy atom. The van der Waals surface area contributed by atoms with Crippen molar-refractivity contribution in [2.24, 2.45) is 11.0 Å². The van der Waals surface area contributed by atoms with Gasteiger partial charge in [0.1, 0.15) is 5.54 Å². The van der Waals surface area contributed by atoms with Gasteiger partial charge in [0.2, 0.25) is 0 Å². The molecule has 1 aromatic carbocycles. The van der Waals surface area contributed by atoms with Crippen LogP contribution < -0.4 is 5.32 Å². The molecule has 1 heterocycles. The molecule has 0 unspecified atom stereocenters. The van der Waals surface area contributed by atoms with Gasteiger partial charge in [0.05, 0.1) is 6.21 Å². The molecule has 1 N–H and O–H groups in total. The summed E-state index contributed by atoms with van der Waals surface area (Å²) in [4.78, 5) is 24.7. The Morgan fingerprint density at radius 2 is 1.91 bits per heavy atom. The third-order valence-electron chi connectivity index (χ3n) is 4.46. The molecule has 1 aliphatic carbocycles. The smallest absolute Gasteiger partial charge is 0.321 e. The second kappa shape index (κ2) is 5.72. The SMILES string of the molecule is CC1CCC2(CC1)NC(=O)N(/N=C/c1ccc(Cl)cc1)C2=O. The van der Waals surface area contributed by atoms with E-state index in [2.05, 4.69) is 17.3 Å². The van der Waals surface area contributed by atoms with Gasteiger partial charge in [0.25, 0.3) is 5.91 Å². The highest BCUT2D eigenvalue weighted by Gasteiger charge is 2.52. The molecule has 3 amide bonds. The fraction of sp³-hybridized carbons (Fsp3) is 0.438. The van der Waals surface area contributed by atoms with Crippen molar-refractivity contribution >= 4 is 29.8 Å². The highest BCUT2D eigenvalue weighted by atomic mass is 35.5. The number of imide groups is 1. The molecule has 1 aliphatic heterocycles. The minimum Gasteiger partial charge on any atom is -0.321 e. The molecule has 0 atom stereocenters. The number of nitrogens with one attached hydrogen (secondary N) is 1. The predicted molar refractivity (Wildman–Crippen MR) is 84.8 cm³/mol. The summed E-state index contributed by atoms with van der Waals surface area (Å²) in [7, 11) is 0. The van der Waals surface area contributed by atoms with Crippen molar-refractivity contribution in [3.8, 4) is 0 Å². The second-order valence-electron chi connectivity index (χ2n) is 6.11. The maximum absolute atomic E-state index is 12.6. The van der Waals surface area contributed by atoms with Crippen molar-refractivity contribution in [3.05, 3.63) is 34.9 Å². The van der Waals surface area contributed by atoms with E-state index in [9.17, 15) is 9.59 Å². The molecule has 6 heteroatoms. The van der Waals surface area contributed by atoms with Crippen molar-refractivity contribution in [2.45, 2.75) is 38.1 Å². The average molecular weight is 320 g/mol. The number of benzene rings is 1. The molecular formula is C16H18ClN3O2. The summed E-state index contributed by atoms with van der Waals surface area (Å²) < 4.78 is 0. The monoisotopic (exact) mass is 319 g/mol. The van der Waals surface area contributed by atoms with E-state index in [1.165, 1.54) is 6.21 Å². The number of halogens is 1. The van der Waals surface area contributed by atoms with Crippen LogP contribution in [-0.4, -0.2) is 28.7 Å². The fourth-order valence-electron chi connectivity index (χ4n) is 2.98. The van der Waals surface area contributed by atoms with Gasteiger partial charge in [-0.15, -0.1) is 5.01 Å². The predicted octanol–water partition coefficient (Wildman–Crippen LogP) is 3.17. The Kier molecular flexibility index (Phi) is 3.91. The van der Waals surface area contributed by atoms with Crippen LogP contribution >= 0.6 is 11.6 Å². The third-order valence-corrected chi connectivity index (χ3v) is 4.71. The van der Waals surface area contributed by atoms with Gasteiger partial charge in [-0.05, 0) is 49.3 Å². The number of hydrogen-bond donors (Lipinski definition) is 1. The van der Waals surface area contributed by atoms with Crippen LogP contribution in [0.1, 0.15) is 38.2 Å². The van der Waals surface area contributed by atoms with Crippen molar-refractivity contribution in [1.29, 1.82) is 0 Å². The number of hydrogen-bond acceptors (Lipinski definition) is 3. The number of urea groups is 1. The summed E-state index contributed by atoms with van der Waals surface area (Å²) in [5.74, 6) is 0.358. The summed E-state index contributed by atoms with van der Waals surface area (Å²) in [5.41, 5.74) is 0.0317. The van der Waals surface area contributed by atoms with E-state index in [0.717, 1.165) is 23.4 Å². The molecule has 1 spiro atoms. The third kappa shape index (κ3) is 2.73. The first kappa shape index (κ1) is 15.0. The first-order chi connectivity index (χ1) is 10.5. The maximum atomic E-state index is 12.6. The molecule has 5 nitrogen and oxygen atoms in total. The topological polar surface area (TPSA) is 61.8 Å². The lowest BCUT2D eigenvalue weighted by atomic mass is 9.77. The van der Waals surface area contributed by atoms with Gasteiger partial charge in [-0.3, -0.25) is 4.79 Å². The zero-order valence-electron chi connectivity index (χ0n) is 12.4. The molecule has 2 fully saturated rings. The molecule has 1 saturated heterocycles. The molecule has 3 rings (SSSR count). The molecule has 116 valence electrons. The Balaban J connectivity index is 1.76. The molecule has 2 aliphatic rings. The van der Waals surface area contributed by atoms with Crippen molar-refractivity contribution in [2.75, 3.05) is 0 Å². The quantitative estimate of drug-likeness (QED) is 0.672.